The van der Waals surface area contributed by atoms with E-state index in [1.165, 1.54) is 96.3 Å². The molecule has 0 bridgehead atoms. The standard InChI is InChI=1S/C18H36O.C10H24NO3S.CH4O3S/c1-2-3-4-5-6-7-8-9-10-11-12-13-15-18-16-14-17-19-18;1-11(2,3)7-5-9-15(12,13)10-6-8-14-4;1-5(2,3)4/h18H,2-17H2,1H3;5-10H2,1-4H3;1H3,(H,2,3,4)/q;+1;/p-1. The van der Waals surface area contributed by atoms with Gasteiger partial charge in [-0.25, -0.2) is 16.8 Å². The van der Waals surface area contributed by atoms with E-state index in [1.807, 2.05) is 0 Å². The lowest BCUT2D eigenvalue weighted by Gasteiger charge is -2.23. The molecule has 1 aliphatic rings. The molecule has 1 fully saturated rings. The van der Waals surface area contributed by atoms with E-state index in [4.69, 9.17) is 22.4 Å². The van der Waals surface area contributed by atoms with Gasteiger partial charge in [-0.2, -0.15) is 0 Å². The van der Waals surface area contributed by atoms with E-state index < -0.39 is 20.0 Å². The molecule has 0 spiro atoms. The lowest BCUT2D eigenvalue weighted by atomic mass is 10.0. The molecule has 0 aromatic rings. The summed E-state index contributed by atoms with van der Waals surface area (Å²) in [6.45, 7) is 4.72. The average Bonchev–Trinajstić information content (AvgIpc) is 3.32. The molecule has 1 saturated heterocycles. The molecule has 0 aromatic carbocycles. The molecule has 1 unspecified atom stereocenters. The number of methoxy groups -OCH3 is 1. The van der Waals surface area contributed by atoms with Crippen molar-refractivity contribution in [1.82, 2.24) is 0 Å². The summed E-state index contributed by atoms with van der Waals surface area (Å²) in [5, 5.41) is 0. The van der Waals surface area contributed by atoms with Crippen LogP contribution in [0, 0.1) is 0 Å². The molecule has 238 valence electrons. The van der Waals surface area contributed by atoms with Crippen LogP contribution in [0.25, 0.3) is 0 Å². The van der Waals surface area contributed by atoms with Crippen LogP contribution in [-0.2, 0) is 29.4 Å². The Kier molecular flexibility index (Phi) is 26.7. The van der Waals surface area contributed by atoms with Gasteiger partial charge in [0.25, 0.3) is 0 Å². The summed E-state index contributed by atoms with van der Waals surface area (Å²) in [6.07, 6.45) is 23.8. The summed E-state index contributed by atoms with van der Waals surface area (Å²) in [5.41, 5.74) is 0. The molecular formula is C29H63NO7S2. The van der Waals surface area contributed by atoms with Crippen LogP contribution in [0.1, 0.15) is 116 Å². The summed E-state index contributed by atoms with van der Waals surface area (Å²) < 4.78 is 61.6. The van der Waals surface area contributed by atoms with Crippen molar-refractivity contribution in [3.8, 4) is 0 Å². The van der Waals surface area contributed by atoms with Gasteiger partial charge in [0.05, 0.1) is 55.4 Å². The second-order valence-corrected chi connectivity index (χ2v) is 15.6. The van der Waals surface area contributed by atoms with Gasteiger partial charge in [-0.05, 0) is 25.7 Å². The lowest BCUT2D eigenvalue weighted by Crippen LogP contribution is -2.36. The molecular weight excluding hydrogens is 538 g/mol. The Morgan fingerprint density at radius 2 is 1.26 bits per heavy atom. The van der Waals surface area contributed by atoms with Gasteiger partial charge >= 0.3 is 0 Å². The highest BCUT2D eigenvalue weighted by molar-refractivity contribution is 7.91. The molecule has 0 aromatic heterocycles. The van der Waals surface area contributed by atoms with Crippen LogP contribution < -0.4 is 0 Å². The Balaban J connectivity index is 0. The number of quaternary nitrogens is 1. The molecule has 1 aliphatic heterocycles. The van der Waals surface area contributed by atoms with E-state index in [0.29, 0.717) is 31.1 Å². The molecule has 8 nitrogen and oxygen atoms in total. The lowest BCUT2D eigenvalue weighted by molar-refractivity contribution is -0.870. The summed E-state index contributed by atoms with van der Waals surface area (Å²) in [4.78, 5) is 0. The minimum absolute atomic E-state index is 0.248. The largest absolute Gasteiger partial charge is 0.748 e. The smallest absolute Gasteiger partial charge is 0.150 e. The number of rotatable bonds is 21. The Morgan fingerprint density at radius 3 is 1.67 bits per heavy atom. The maximum Gasteiger partial charge on any atom is 0.150 e. The first-order valence-corrected chi connectivity index (χ1v) is 18.9. The molecule has 0 saturated carbocycles. The van der Waals surface area contributed by atoms with Crippen molar-refractivity contribution in [3.05, 3.63) is 0 Å². The van der Waals surface area contributed by atoms with Crippen molar-refractivity contribution >= 4 is 20.0 Å². The van der Waals surface area contributed by atoms with Gasteiger partial charge < -0.3 is 18.5 Å². The predicted octanol–water partition coefficient (Wildman–Crippen LogP) is 5.95. The van der Waals surface area contributed by atoms with Gasteiger partial charge in [0.1, 0.15) is 0 Å². The van der Waals surface area contributed by atoms with Crippen LogP contribution in [0.2, 0.25) is 0 Å². The second-order valence-electron chi connectivity index (χ2n) is 11.9. The number of hydrogen-bond donors (Lipinski definition) is 0. The zero-order valence-electron chi connectivity index (χ0n) is 26.3. The van der Waals surface area contributed by atoms with Crippen LogP contribution in [-0.4, -0.2) is 97.7 Å². The van der Waals surface area contributed by atoms with Crippen LogP contribution in [0.5, 0.6) is 0 Å². The highest BCUT2D eigenvalue weighted by Crippen LogP contribution is 2.19. The Bertz CT molecular complexity index is 721. The number of unbranched alkanes of at least 4 members (excludes halogenated alkanes) is 11. The number of hydrogen-bond acceptors (Lipinski definition) is 7. The average molecular weight is 602 g/mol. The quantitative estimate of drug-likeness (QED) is 0.0908. The minimum Gasteiger partial charge on any atom is -0.748 e. The van der Waals surface area contributed by atoms with Gasteiger partial charge in [-0.15, -0.1) is 0 Å². The fraction of sp³-hybridized carbons (Fsp3) is 1.00. The predicted molar refractivity (Wildman–Crippen MR) is 163 cm³/mol. The SMILES string of the molecule is CCCCCCCCCCCCCCC1CCCO1.COCCCS(=O)(=O)CCC[N+](C)(C)C.CS(=O)(=O)[O-]. The third-order valence-corrected chi connectivity index (χ3v) is 8.31. The van der Waals surface area contributed by atoms with E-state index >= 15 is 0 Å². The van der Waals surface area contributed by atoms with Gasteiger partial charge in [-0.1, -0.05) is 84.0 Å². The van der Waals surface area contributed by atoms with Crippen LogP contribution in [0.15, 0.2) is 0 Å². The molecule has 1 atom stereocenters. The van der Waals surface area contributed by atoms with Gasteiger partial charge in [-0.3, -0.25) is 0 Å². The van der Waals surface area contributed by atoms with E-state index in [0.717, 1.165) is 24.1 Å². The highest BCUT2D eigenvalue weighted by Gasteiger charge is 2.14. The zero-order chi connectivity index (χ0) is 30.0. The summed E-state index contributed by atoms with van der Waals surface area (Å²) in [6, 6.07) is 0. The fourth-order valence-electron chi connectivity index (χ4n) is 4.37. The maximum atomic E-state index is 11.5. The molecule has 0 N–H and O–H groups in total. The molecule has 0 aliphatic carbocycles. The van der Waals surface area contributed by atoms with E-state index in [-0.39, 0.29) is 5.75 Å². The maximum absolute atomic E-state index is 11.5. The first-order valence-electron chi connectivity index (χ1n) is 15.2. The number of ether oxygens (including phenoxy) is 2. The van der Waals surface area contributed by atoms with Crippen molar-refractivity contribution < 1.29 is 35.3 Å². The van der Waals surface area contributed by atoms with Crippen molar-refractivity contribution in [2.75, 3.05) is 65.8 Å². The molecule has 10 heteroatoms. The third-order valence-electron chi connectivity index (χ3n) is 6.49. The van der Waals surface area contributed by atoms with Crippen molar-refractivity contribution in [2.24, 2.45) is 0 Å². The Morgan fingerprint density at radius 1 is 0.795 bits per heavy atom. The van der Waals surface area contributed by atoms with E-state index in [1.54, 1.807) is 7.11 Å². The first kappa shape index (κ1) is 40.9. The van der Waals surface area contributed by atoms with E-state index in [9.17, 15) is 8.42 Å². The molecule has 1 rings (SSSR count). The summed E-state index contributed by atoms with van der Waals surface area (Å²) in [5.74, 6) is 0.546. The minimum atomic E-state index is -3.92. The summed E-state index contributed by atoms with van der Waals surface area (Å²) >= 11 is 0. The molecule has 39 heavy (non-hydrogen) atoms. The fourth-order valence-corrected chi connectivity index (χ4v) is 5.70. The van der Waals surface area contributed by atoms with Crippen molar-refractivity contribution in [2.45, 2.75) is 122 Å². The highest BCUT2D eigenvalue weighted by atomic mass is 32.2. The van der Waals surface area contributed by atoms with Gasteiger partial charge in [0.2, 0.25) is 0 Å². The Labute approximate surface area is 242 Å². The molecule has 1 heterocycles. The Hall–Kier alpha value is -0.260. The van der Waals surface area contributed by atoms with Gasteiger partial charge in [0, 0.05) is 33.0 Å². The molecule has 0 amide bonds. The monoisotopic (exact) mass is 601 g/mol. The summed E-state index contributed by atoms with van der Waals surface area (Å²) in [7, 11) is 1.01. The molecule has 0 radical (unpaired) electrons. The van der Waals surface area contributed by atoms with Crippen LogP contribution in [0.3, 0.4) is 0 Å². The second kappa shape index (κ2) is 25.5. The number of sulfone groups is 1. The zero-order valence-corrected chi connectivity index (χ0v) is 27.9. The topological polar surface area (TPSA) is 110 Å². The van der Waals surface area contributed by atoms with E-state index in [2.05, 4.69) is 28.1 Å². The van der Waals surface area contributed by atoms with Crippen LogP contribution >= 0.6 is 0 Å². The van der Waals surface area contributed by atoms with Gasteiger partial charge in [0.15, 0.2) is 9.84 Å². The normalized spacial score (nSPS) is 15.8. The third kappa shape index (κ3) is 39.9. The van der Waals surface area contributed by atoms with Crippen molar-refractivity contribution in [3.63, 3.8) is 0 Å². The van der Waals surface area contributed by atoms with Crippen molar-refractivity contribution in [1.29, 1.82) is 0 Å². The first-order chi connectivity index (χ1) is 18.2. The number of nitrogens with zero attached hydrogens (tertiary/aromatic N) is 1. The van der Waals surface area contributed by atoms with Crippen LogP contribution in [0.4, 0.5) is 0 Å².